The van der Waals surface area contributed by atoms with Crippen LogP contribution in [0.1, 0.15) is 13.8 Å². The molecule has 0 aromatic heterocycles. The maximum Gasteiger partial charge on any atom is 0.247 e. The molecule has 0 bridgehead atoms. The summed E-state index contributed by atoms with van der Waals surface area (Å²) >= 11 is 1.47. The van der Waals surface area contributed by atoms with Crippen molar-refractivity contribution in [1.82, 2.24) is 0 Å². The number of carbonyl (C=O) groups is 2. The van der Waals surface area contributed by atoms with E-state index in [2.05, 4.69) is 0 Å². The Balaban J connectivity index is 1.88. The van der Waals surface area contributed by atoms with Crippen molar-refractivity contribution < 1.29 is 18.0 Å². The largest absolute Gasteiger partial charge is 0.308 e. The molecule has 0 radical (unpaired) electrons. The van der Waals surface area contributed by atoms with Gasteiger partial charge >= 0.3 is 0 Å². The molecule has 0 aliphatic carbocycles. The Morgan fingerprint density at radius 3 is 2.39 bits per heavy atom. The second-order valence-corrected chi connectivity index (χ2v) is 9.89. The van der Waals surface area contributed by atoms with E-state index in [-0.39, 0.29) is 29.3 Å². The van der Waals surface area contributed by atoms with Gasteiger partial charge in [0.15, 0.2) is 9.84 Å². The molecule has 2 amide bonds. The molecule has 0 N–H and O–H groups in total. The molecular formula is C20H22N2O4S2. The number of hydrogen-bond donors (Lipinski definition) is 0. The third-order valence-corrected chi connectivity index (χ3v) is 6.61. The standard InChI is InChI=1S/C20H22N2O4S2/c1-14(2)22(15-8-10-16(11-9-15)28(3,25)26)19(23)12-21-17-6-4-5-7-18(17)27-13-20(21)24/h4-11,14H,12-13H2,1-3H3. The Hall–Kier alpha value is -2.32. The molecule has 2 aromatic rings. The average molecular weight is 419 g/mol. The summed E-state index contributed by atoms with van der Waals surface area (Å²) in [6.07, 6.45) is 1.14. The average Bonchev–Trinajstić information content (AvgIpc) is 2.63. The van der Waals surface area contributed by atoms with E-state index >= 15 is 0 Å². The first-order valence-corrected chi connectivity index (χ1v) is 11.7. The Kier molecular flexibility index (Phi) is 5.81. The van der Waals surface area contributed by atoms with E-state index in [4.69, 9.17) is 0 Å². The van der Waals surface area contributed by atoms with Gasteiger partial charge < -0.3 is 9.80 Å². The van der Waals surface area contributed by atoms with E-state index in [1.54, 1.807) is 17.0 Å². The van der Waals surface area contributed by atoms with Gasteiger partial charge in [-0.1, -0.05) is 12.1 Å². The molecule has 28 heavy (non-hydrogen) atoms. The zero-order valence-corrected chi connectivity index (χ0v) is 17.6. The van der Waals surface area contributed by atoms with Crippen molar-refractivity contribution in [3.8, 4) is 0 Å². The van der Waals surface area contributed by atoms with Crippen molar-refractivity contribution >= 4 is 44.8 Å². The fourth-order valence-electron chi connectivity index (χ4n) is 3.12. The van der Waals surface area contributed by atoms with Gasteiger partial charge in [0, 0.05) is 22.9 Å². The fourth-order valence-corrected chi connectivity index (χ4v) is 4.69. The van der Waals surface area contributed by atoms with Crippen molar-refractivity contribution in [2.24, 2.45) is 0 Å². The highest BCUT2D eigenvalue weighted by Crippen LogP contribution is 2.35. The van der Waals surface area contributed by atoms with E-state index < -0.39 is 9.84 Å². The van der Waals surface area contributed by atoms with Gasteiger partial charge in [-0.15, -0.1) is 11.8 Å². The van der Waals surface area contributed by atoms with Crippen LogP contribution in [-0.2, 0) is 19.4 Å². The molecule has 0 fully saturated rings. The first-order valence-electron chi connectivity index (χ1n) is 8.83. The van der Waals surface area contributed by atoms with Crippen LogP contribution in [0.2, 0.25) is 0 Å². The van der Waals surface area contributed by atoms with Crippen molar-refractivity contribution in [2.45, 2.75) is 29.7 Å². The van der Waals surface area contributed by atoms with Crippen LogP contribution < -0.4 is 9.80 Å². The first-order chi connectivity index (χ1) is 13.2. The molecule has 0 saturated carbocycles. The van der Waals surface area contributed by atoms with Crippen molar-refractivity contribution in [3.63, 3.8) is 0 Å². The topological polar surface area (TPSA) is 74.8 Å². The molecule has 1 heterocycles. The number of nitrogens with zero attached hydrogens (tertiary/aromatic N) is 2. The summed E-state index contributed by atoms with van der Waals surface area (Å²) < 4.78 is 23.3. The van der Waals surface area contributed by atoms with Crippen LogP contribution in [0.25, 0.3) is 0 Å². The summed E-state index contributed by atoms with van der Waals surface area (Å²) in [4.78, 5) is 29.8. The van der Waals surface area contributed by atoms with Crippen LogP contribution in [0, 0.1) is 0 Å². The highest BCUT2D eigenvalue weighted by atomic mass is 32.2. The maximum atomic E-state index is 13.1. The minimum Gasteiger partial charge on any atom is -0.308 e. The monoisotopic (exact) mass is 418 g/mol. The van der Waals surface area contributed by atoms with Crippen LogP contribution in [0.15, 0.2) is 58.3 Å². The van der Waals surface area contributed by atoms with E-state index in [0.29, 0.717) is 11.4 Å². The Morgan fingerprint density at radius 2 is 1.79 bits per heavy atom. The van der Waals surface area contributed by atoms with Crippen molar-refractivity contribution in [1.29, 1.82) is 0 Å². The molecule has 0 spiro atoms. The van der Waals surface area contributed by atoms with Gasteiger partial charge in [0.05, 0.1) is 16.3 Å². The molecule has 0 atom stereocenters. The minimum atomic E-state index is -3.31. The Morgan fingerprint density at radius 1 is 1.14 bits per heavy atom. The van der Waals surface area contributed by atoms with Crippen LogP contribution >= 0.6 is 11.8 Å². The number of rotatable bonds is 5. The zero-order chi connectivity index (χ0) is 20.5. The van der Waals surface area contributed by atoms with Gasteiger partial charge in [0.1, 0.15) is 6.54 Å². The van der Waals surface area contributed by atoms with Gasteiger partial charge in [0.25, 0.3) is 0 Å². The molecule has 2 aromatic carbocycles. The second kappa shape index (κ2) is 7.97. The van der Waals surface area contributed by atoms with Gasteiger partial charge in [-0.3, -0.25) is 9.59 Å². The third-order valence-electron chi connectivity index (χ3n) is 4.43. The lowest BCUT2D eigenvalue weighted by atomic mass is 10.2. The van der Waals surface area contributed by atoms with E-state index in [1.807, 2.05) is 38.1 Å². The quantitative estimate of drug-likeness (QED) is 0.746. The minimum absolute atomic E-state index is 0.0670. The number of fused-ring (bicyclic) bond motifs is 1. The van der Waals surface area contributed by atoms with Gasteiger partial charge in [-0.25, -0.2) is 8.42 Å². The summed E-state index contributed by atoms with van der Waals surface area (Å²) in [6, 6.07) is 13.6. The molecule has 6 nitrogen and oxygen atoms in total. The molecular weight excluding hydrogens is 396 g/mol. The van der Waals surface area contributed by atoms with Gasteiger partial charge in [-0.05, 0) is 50.2 Å². The first kappa shape index (κ1) is 20.4. The predicted molar refractivity (Wildman–Crippen MR) is 112 cm³/mol. The molecule has 1 aliphatic heterocycles. The van der Waals surface area contributed by atoms with Crippen LogP contribution in [0.3, 0.4) is 0 Å². The molecule has 0 saturated heterocycles. The van der Waals surface area contributed by atoms with Crippen LogP contribution in [0.4, 0.5) is 11.4 Å². The Labute approximate surface area is 169 Å². The fraction of sp³-hybridized carbons (Fsp3) is 0.300. The van der Waals surface area contributed by atoms with E-state index in [9.17, 15) is 18.0 Å². The van der Waals surface area contributed by atoms with E-state index in [0.717, 1.165) is 16.8 Å². The molecule has 0 unspecified atom stereocenters. The van der Waals surface area contributed by atoms with Crippen molar-refractivity contribution in [3.05, 3.63) is 48.5 Å². The summed E-state index contributed by atoms with van der Waals surface area (Å²) in [6.45, 7) is 3.69. The highest BCUT2D eigenvalue weighted by Gasteiger charge is 2.29. The predicted octanol–water partition coefficient (Wildman–Crippen LogP) is 2.97. The Bertz CT molecular complexity index is 1000. The summed E-state index contributed by atoms with van der Waals surface area (Å²) in [7, 11) is -3.31. The second-order valence-electron chi connectivity index (χ2n) is 6.86. The van der Waals surface area contributed by atoms with Gasteiger partial charge in [0.2, 0.25) is 11.8 Å². The number of benzene rings is 2. The molecule has 3 rings (SSSR count). The number of thioether (sulfide) groups is 1. The molecule has 8 heteroatoms. The van der Waals surface area contributed by atoms with Gasteiger partial charge in [-0.2, -0.15) is 0 Å². The number of hydrogen-bond acceptors (Lipinski definition) is 5. The zero-order valence-electron chi connectivity index (χ0n) is 16.0. The van der Waals surface area contributed by atoms with Crippen LogP contribution in [-0.4, -0.2) is 44.8 Å². The number of amides is 2. The lowest BCUT2D eigenvalue weighted by Gasteiger charge is -2.32. The maximum absolute atomic E-state index is 13.1. The van der Waals surface area contributed by atoms with Crippen molar-refractivity contribution in [2.75, 3.05) is 28.4 Å². The SMILES string of the molecule is CC(C)N(C(=O)CN1C(=O)CSc2ccccc21)c1ccc(S(C)(=O)=O)cc1. The lowest BCUT2D eigenvalue weighted by Crippen LogP contribution is -2.47. The number of para-hydroxylation sites is 1. The number of sulfone groups is 1. The summed E-state index contributed by atoms with van der Waals surface area (Å²) in [5.41, 5.74) is 1.34. The van der Waals surface area contributed by atoms with Crippen LogP contribution in [0.5, 0.6) is 0 Å². The lowest BCUT2D eigenvalue weighted by molar-refractivity contribution is -0.121. The number of anilines is 2. The summed E-state index contributed by atoms with van der Waals surface area (Å²) in [5.74, 6) is -0.0278. The molecule has 1 aliphatic rings. The number of carbonyl (C=O) groups excluding carboxylic acids is 2. The third kappa shape index (κ3) is 4.23. The molecule has 148 valence electrons. The smallest absolute Gasteiger partial charge is 0.247 e. The van der Waals surface area contributed by atoms with E-state index in [1.165, 1.54) is 28.8 Å². The highest BCUT2D eigenvalue weighted by molar-refractivity contribution is 8.00. The summed E-state index contributed by atoms with van der Waals surface area (Å²) in [5, 5.41) is 0. The normalized spacial score (nSPS) is 14.1.